The van der Waals surface area contributed by atoms with E-state index in [4.69, 9.17) is 0 Å². The topological polar surface area (TPSA) is 65.1 Å². The summed E-state index contributed by atoms with van der Waals surface area (Å²) in [4.78, 5) is 29.5. The lowest BCUT2D eigenvalue weighted by atomic mass is 10.00. The number of aromatic nitrogens is 3. The second-order valence-electron chi connectivity index (χ2n) is 8.26. The van der Waals surface area contributed by atoms with Crippen molar-refractivity contribution in [2.24, 2.45) is 5.92 Å². The smallest absolute Gasteiger partial charge is 0.225 e. The van der Waals surface area contributed by atoms with Crippen LogP contribution in [0.4, 0.5) is 5.69 Å². The van der Waals surface area contributed by atoms with Gasteiger partial charge in [-0.1, -0.05) is 12.8 Å². The van der Waals surface area contributed by atoms with Crippen molar-refractivity contribution < 1.29 is 4.79 Å². The zero-order valence-corrected chi connectivity index (χ0v) is 16.4. The van der Waals surface area contributed by atoms with Crippen molar-refractivity contribution in [2.45, 2.75) is 44.6 Å². The number of fused-ring (bicyclic) bond motifs is 3. The maximum atomic E-state index is 12.9. The minimum atomic E-state index is 0.244. The Morgan fingerprint density at radius 1 is 1.18 bits per heavy atom. The fourth-order valence-corrected chi connectivity index (χ4v) is 5.03. The van der Waals surface area contributed by atoms with Gasteiger partial charge in [-0.25, -0.2) is 9.97 Å². The number of likely N-dealkylation sites (N-methyl/N-ethyl adjacent to an activating group) is 1. The van der Waals surface area contributed by atoms with Crippen LogP contribution in [0.1, 0.15) is 38.5 Å². The van der Waals surface area contributed by atoms with Gasteiger partial charge in [0.25, 0.3) is 0 Å². The lowest BCUT2D eigenvalue weighted by Gasteiger charge is -2.40. The normalized spacial score (nSPS) is 20.9. The third-order valence-corrected chi connectivity index (χ3v) is 6.61. The van der Waals surface area contributed by atoms with Gasteiger partial charge in [-0.15, -0.1) is 0 Å². The molecule has 4 heterocycles. The molecule has 5 rings (SSSR count). The molecule has 146 valence electrons. The second kappa shape index (κ2) is 7.08. The van der Waals surface area contributed by atoms with Crippen LogP contribution < -0.4 is 4.90 Å². The number of rotatable bonds is 3. The van der Waals surface area contributed by atoms with Gasteiger partial charge in [0.2, 0.25) is 5.91 Å². The lowest BCUT2D eigenvalue weighted by molar-refractivity contribution is -0.136. The number of anilines is 1. The van der Waals surface area contributed by atoms with Crippen LogP contribution in [-0.4, -0.2) is 51.9 Å². The Morgan fingerprint density at radius 2 is 2.04 bits per heavy atom. The molecule has 6 nitrogen and oxygen atoms in total. The van der Waals surface area contributed by atoms with E-state index in [2.05, 4.69) is 25.9 Å². The van der Waals surface area contributed by atoms with Gasteiger partial charge in [0.05, 0.1) is 11.7 Å². The SMILES string of the molecule is CN(C(=O)C1CCCC1)C1CCCN(c2cc[nH]c3cnc4nccc4c23)C1. The molecule has 3 aromatic heterocycles. The van der Waals surface area contributed by atoms with Gasteiger partial charge >= 0.3 is 0 Å². The molecule has 1 aliphatic heterocycles. The molecule has 3 aromatic rings. The van der Waals surface area contributed by atoms with E-state index in [0.29, 0.717) is 5.91 Å². The molecule has 0 bridgehead atoms. The summed E-state index contributed by atoms with van der Waals surface area (Å²) in [5.41, 5.74) is 3.02. The molecule has 2 fully saturated rings. The lowest BCUT2D eigenvalue weighted by Crippen LogP contribution is -2.50. The van der Waals surface area contributed by atoms with E-state index in [1.54, 1.807) is 0 Å². The number of hydrogen-bond acceptors (Lipinski definition) is 4. The third kappa shape index (κ3) is 2.91. The molecule has 1 saturated carbocycles. The number of nitrogens with one attached hydrogen (secondary N) is 1. The highest BCUT2D eigenvalue weighted by atomic mass is 16.2. The van der Waals surface area contributed by atoms with Gasteiger partial charge < -0.3 is 14.8 Å². The van der Waals surface area contributed by atoms with Gasteiger partial charge in [0.1, 0.15) is 0 Å². The van der Waals surface area contributed by atoms with Crippen LogP contribution in [0, 0.1) is 5.92 Å². The third-order valence-electron chi connectivity index (χ3n) is 6.61. The number of amides is 1. The number of hydrogen-bond donors (Lipinski definition) is 1. The van der Waals surface area contributed by atoms with E-state index in [-0.39, 0.29) is 12.0 Å². The molecule has 1 N–H and O–H groups in total. The van der Waals surface area contributed by atoms with Crippen LogP contribution in [-0.2, 0) is 4.79 Å². The van der Waals surface area contributed by atoms with Crippen LogP contribution in [0.3, 0.4) is 0 Å². The fourth-order valence-electron chi connectivity index (χ4n) is 5.03. The first kappa shape index (κ1) is 17.5. The molecule has 1 atom stereocenters. The standard InChI is InChI=1S/C22H27N5O/c1-26(22(28)15-5-2-3-6-15)16-7-4-12-27(14-16)19-9-11-23-18-13-25-21-17(20(18)19)8-10-24-21/h8-11,13,15-16,23H,2-7,12,14H2,1H3. The van der Waals surface area contributed by atoms with Crippen molar-refractivity contribution in [1.29, 1.82) is 0 Å². The Hall–Kier alpha value is -2.63. The molecule has 0 radical (unpaired) electrons. The summed E-state index contributed by atoms with van der Waals surface area (Å²) in [5, 5.41) is 2.26. The predicted octanol–water partition coefficient (Wildman–Crippen LogP) is 3.73. The van der Waals surface area contributed by atoms with Crippen LogP contribution in [0.25, 0.3) is 21.9 Å². The number of carbonyl (C=O) groups excluding carboxylic acids is 1. The maximum absolute atomic E-state index is 12.9. The zero-order valence-electron chi connectivity index (χ0n) is 16.4. The van der Waals surface area contributed by atoms with Crippen LogP contribution in [0.15, 0.2) is 30.7 Å². The second-order valence-corrected chi connectivity index (χ2v) is 8.26. The largest absolute Gasteiger partial charge is 0.369 e. The molecule has 2 aliphatic rings. The van der Waals surface area contributed by atoms with Gasteiger partial charge in [-0.05, 0) is 37.8 Å². The van der Waals surface area contributed by atoms with Crippen molar-refractivity contribution >= 4 is 33.5 Å². The van der Waals surface area contributed by atoms with Gasteiger partial charge in [0.15, 0.2) is 5.65 Å². The highest BCUT2D eigenvalue weighted by Crippen LogP contribution is 2.34. The van der Waals surface area contributed by atoms with Crippen LogP contribution >= 0.6 is 0 Å². The summed E-state index contributed by atoms with van der Waals surface area (Å²) >= 11 is 0. The number of pyridine rings is 2. The average molecular weight is 377 g/mol. The first-order chi connectivity index (χ1) is 13.7. The van der Waals surface area contributed by atoms with Gasteiger partial charge in [0, 0.05) is 61.0 Å². The molecule has 1 amide bonds. The zero-order chi connectivity index (χ0) is 19.1. The first-order valence-corrected chi connectivity index (χ1v) is 10.4. The highest BCUT2D eigenvalue weighted by molar-refractivity contribution is 6.10. The maximum Gasteiger partial charge on any atom is 0.225 e. The number of aromatic amines is 1. The average Bonchev–Trinajstić information content (AvgIpc) is 3.44. The quantitative estimate of drug-likeness (QED) is 0.755. The van der Waals surface area contributed by atoms with Crippen molar-refractivity contribution in [3.05, 3.63) is 30.7 Å². The first-order valence-electron chi connectivity index (χ1n) is 10.4. The molecule has 1 unspecified atom stereocenters. The summed E-state index contributed by atoms with van der Waals surface area (Å²) in [7, 11) is 2.01. The van der Waals surface area contributed by atoms with Crippen molar-refractivity contribution in [2.75, 3.05) is 25.0 Å². The molecule has 0 aromatic carbocycles. The Bertz CT molecular complexity index is 1010. The monoisotopic (exact) mass is 377 g/mol. The Morgan fingerprint density at radius 3 is 2.89 bits per heavy atom. The van der Waals surface area contributed by atoms with E-state index in [1.807, 2.05) is 36.6 Å². The van der Waals surface area contributed by atoms with Crippen LogP contribution in [0.5, 0.6) is 0 Å². The molecular formula is C22H27N5O. The van der Waals surface area contributed by atoms with Crippen molar-refractivity contribution in [1.82, 2.24) is 19.9 Å². The van der Waals surface area contributed by atoms with E-state index in [0.717, 1.165) is 55.3 Å². The summed E-state index contributed by atoms with van der Waals surface area (Å²) in [6.45, 7) is 1.89. The van der Waals surface area contributed by atoms with E-state index >= 15 is 0 Å². The minimum absolute atomic E-state index is 0.244. The Balaban J connectivity index is 1.45. The summed E-state index contributed by atoms with van der Waals surface area (Å²) in [5.74, 6) is 0.594. The van der Waals surface area contributed by atoms with Gasteiger partial charge in [-0.3, -0.25) is 4.79 Å². The van der Waals surface area contributed by atoms with Crippen molar-refractivity contribution in [3.63, 3.8) is 0 Å². The number of nitrogens with zero attached hydrogens (tertiary/aromatic N) is 4. The van der Waals surface area contributed by atoms with E-state index < -0.39 is 0 Å². The molecule has 1 aliphatic carbocycles. The van der Waals surface area contributed by atoms with Crippen LogP contribution in [0.2, 0.25) is 0 Å². The van der Waals surface area contributed by atoms with Gasteiger partial charge in [-0.2, -0.15) is 0 Å². The summed E-state index contributed by atoms with van der Waals surface area (Å²) in [6, 6.07) is 4.46. The summed E-state index contributed by atoms with van der Waals surface area (Å²) in [6.07, 6.45) is 12.4. The minimum Gasteiger partial charge on any atom is -0.369 e. The van der Waals surface area contributed by atoms with E-state index in [9.17, 15) is 4.79 Å². The molecule has 0 spiro atoms. The molecule has 6 heteroatoms. The van der Waals surface area contributed by atoms with E-state index in [1.165, 1.54) is 23.9 Å². The Kier molecular flexibility index (Phi) is 4.41. The molecule has 28 heavy (non-hydrogen) atoms. The van der Waals surface area contributed by atoms with Crippen molar-refractivity contribution in [3.8, 4) is 0 Å². The summed E-state index contributed by atoms with van der Waals surface area (Å²) < 4.78 is 0. The number of H-pyrrole nitrogens is 1. The fraction of sp³-hybridized carbons (Fsp3) is 0.500. The number of piperidine rings is 1. The Labute approximate surface area is 164 Å². The highest BCUT2D eigenvalue weighted by Gasteiger charge is 2.32. The molecular weight excluding hydrogens is 350 g/mol. The molecule has 1 saturated heterocycles. The number of carbonyl (C=O) groups is 1. The predicted molar refractivity (Wildman–Crippen MR) is 111 cm³/mol.